The van der Waals surface area contributed by atoms with Crippen LogP contribution in [0, 0.1) is 0 Å². The first-order valence-corrected chi connectivity index (χ1v) is 13.3. The van der Waals surface area contributed by atoms with Crippen LogP contribution in [-0.4, -0.2) is 10.5 Å². The Morgan fingerprint density at radius 1 is 0.852 bits per heavy atom. The molecule has 0 N–H and O–H groups in total. The highest BCUT2D eigenvalue weighted by Gasteiger charge is 2.12. The SMILES string of the molecule is CCCCCCCCCCc1cc2sc(-c3ccccc3S(C)=O)cc2s1. The predicted octanol–water partition coefficient (Wildman–Crippen LogP) is 8.05. The van der Waals surface area contributed by atoms with Crippen LogP contribution in [-0.2, 0) is 17.2 Å². The molecule has 0 saturated carbocycles. The smallest absolute Gasteiger partial charge is 0.0504 e. The Labute approximate surface area is 174 Å². The molecule has 0 bridgehead atoms. The number of unbranched alkanes of at least 4 members (excludes halogenated alkanes) is 7. The van der Waals surface area contributed by atoms with Gasteiger partial charge in [0.15, 0.2) is 0 Å². The third kappa shape index (κ3) is 5.75. The quantitative estimate of drug-likeness (QED) is 0.288. The number of fused-ring (bicyclic) bond motifs is 1. The predicted molar refractivity (Wildman–Crippen MR) is 124 cm³/mol. The molecule has 0 radical (unpaired) electrons. The van der Waals surface area contributed by atoms with Gasteiger partial charge in [0, 0.05) is 35.9 Å². The molecule has 0 spiro atoms. The summed E-state index contributed by atoms with van der Waals surface area (Å²) in [6, 6.07) is 12.7. The molecule has 1 atom stereocenters. The first kappa shape index (κ1) is 20.8. The molecule has 0 amide bonds. The molecule has 1 aromatic carbocycles. The minimum Gasteiger partial charge on any atom is -0.255 e. The maximum atomic E-state index is 12.0. The van der Waals surface area contributed by atoms with Gasteiger partial charge in [-0.3, -0.25) is 4.21 Å². The molecular formula is C23H30OS3. The van der Waals surface area contributed by atoms with E-state index in [2.05, 4.69) is 25.1 Å². The van der Waals surface area contributed by atoms with Crippen LogP contribution in [0.15, 0.2) is 41.3 Å². The van der Waals surface area contributed by atoms with Crippen molar-refractivity contribution < 1.29 is 4.21 Å². The summed E-state index contributed by atoms with van der Waals surface area (Å²) in [6.45, 7) is 2.28. The van der Waals surface area contributed by atoms with Crippen molar-refractivity contribution in [2.45, 2.75) is 69.6 Å². The van der Waals surface area contributed by atoms with Gasteiger partial charge in [-0.1, -0.05) is 70.1 Å². The van der Waals surface area contributed by atoms with Crippen LogP contribution >= 0.6 is 22.7 Å². The topological polar surface area (TPSA) is 17.1 Å². The van der Waals surface area contributed by atoms with E-state index < -0.39 is 10.8 Å². The number of aryl methyl sites for hydroxylation is 1. The molecule has 3 aromatic rings. The highest BCUT2D eigenvalue weighted by molar-refractivity contribution is 7.84. The third-order valence-corrected chi connectivity index (χ3v) is 8.36. The van der Waals surface area contributed by atoms with Crippen molar-refractivity contribution in [1.29, 1.82) is 0 Å². The van der Waals surface area contributed by atoms with Crippen LogP contribution in [0.5, 0.6) is 0 Å². The average molecular weight is 419 g/mol. The zero-order valence-corrected chi connectivity index (χ0v) is 18.9. The zero-order valence-electron chi connectivity index (χ0n) is 16.5. The van der Waals surface area contributed by atoms with Crippen molar-refractivity contribution in [1.82, 2.24) is 0 Å². The van der Waals surface area contributed by atoms with Crippen molar-refractivity contribution in [3.8, 4) is 10.4 Å². The monoisotopic (exact) mass is 418 g/mol. The first-order valence-electron chi connectivity index (χ1n) is 10.1. The van der Waals surface area contributed by atoms with E-state index in [1.54, 1.807) is 6.26 Å². The summed E-state index contributed by atoms with van der Waals surface area (Å²) in [4.78, 5) is 3.69. The van der Waals surface area contributed by atoms with Gasteiger partial charge in [-0.05, 0) is 31.0 Å². The lowest BCUT2D eigenvalue weighted by molar-refractivity contribution is 0.576. The van der Waals surface area contributed by atoms with Gasteiger partial charge in [-0.15, -0.1) is 22.7 Å². The fraction of sp³-hybridized carbons (Fsp3) is 0.478. The summed E-state index contributed by atoms with van der Waals surface area (Å²) >= 11 is 3.77. The molecule has 0 saturated heterocycles. The molecule has 0 aliphatic carbocycles. The van der Waals surface area contributed by atoms with Gasteiger partial charge in [0.2, 0.25) is 0 Å². The summed E-state index contributed by atoms with van der Waals surface area (Å²) < 4.78 is 14.8. The molecule has 146 valence electrons. The van der Waals surface area contributed by atoms with Gasteiger partial charge in [-0.25, -0.2) is 0 Å². The molecule has 27 heavy (non-hydrogen) atoms. The van der Waals surface area contributed by atoms with E-state index in [4.69, 9.17) is 0 Å². The standard InChI is InChI=1S/C23H30OS3/c1-3-4-5-6-7-8-9-10-13-18-16-21-22(25-18)17-20(26-21)19-14-11-12-15-23(19)27(2)24/h11-12,14-17H,3-10,13H2,1-2H3. The molecule has 2 heterocycles. The van der Waals surface area contributed by atoms with Gasteiger partial charge in [0.05, 0.1) is 10.8 Å². The first-order chi connectivity index (χ1) is 13.2. The summed E-state index contributed by atoms with van der Waals surface area (Å²) in [5.74, 6) is 0. The van der Waals surface area contributed by atoms with Gasteiger partial charge >= 0.3 is 0 Å². The lowest BCUT2D eigenvalue weighted by Crippen LogP contribution is -1.89. The van der Waals surface area contributed by atoms with Crippen molar-refractivity contribution in [2.75, 3.05) is 6.26 Å². The second kappa shape index (κ2) is 10.5. The highest BCUT2D eigenvalue weighted by Crippen LogP contribution is 2.40. The van der Waals surface area contributed by atoms with Crippen LogP contribution in [0.1, 0.15) is 63.2 Å². The van der Waals surface area contributed by atoms with E-state index >= 15 is 0 Å². The van der Waals surface area contributed by atoms with Crippen molar-refractivity contribution >= 4 is 42.9 Å². The molecule has 1 nitrogen and oxygen atoms in total. The minimum atomic E-state index is -0.954. The van der Waals surface area contributed by atoms with E-state index in [0.29, 0.717) is 0 Å². The highest BCUT2D eigenvalue weighted by atomic mass is 32.2. The van der Waals surface area contributed by atoms with Gasteiger partial charge in [0.25, 0.3) is 0 Å². The molecule has 2 aromatic heterocycles. The number of thiophene rings is 2. The Bertz CT molecular complexity index is 843. The van der Waals surface area contributed by atoms with E-state index in [1.807, 2.05) is 40.9 Å². The Kier molecular flexibility index (Phi) is 8.10. The van der Waals surface area contributed by atoms with Crippen LogP contribution in [0.4, 0.5) is 0 Å². The number of hydrogen-bond donors (Lipinski definition) is 0. The van der Waals surface area contributed by atoms with Gasteiger partial charge in [0.1, 0.15) is 0 Å². The van der Waals surface area contributed by atoms with Gasteiger partial charge < -0.3 is 0 Å². The van der Waals surface area contributed by atoms with E-state index in [-0.39, 0.29) is 0 Å². The molecule has 1 unspecified atom stereocenters. The van der Waals surface area contributed by atoms with Gasteiger partial charge in [-0.2, -0.15) is 0 Å². The van der Waals surface area contributed by atoms with Crippen LogP contribution in [0.25, 0.3) is 19.8 Å². The fourth-order valence-corrected chi connectivity index (χ4v) is 6.82. The fourth-order valence-electron chi connectivity index (χ4n) is 3.50. The van der Waals surface area contributed by atoms with E-state index in [0.717, 1.165) is 10.5 Å². The molecule has 0 aliphatic heterocycles. The number of benzene rings is 1. The van der Waals surface area contributed by atoms with E-state index in [1.165, 1.54) is 76.9 Å². The Hall–Kier alpha value is -0.970. The Balaban J connectivity index is 1.54. The lowest BCUT2D eigenvalue weighted by Gasteiger charge is -2.04. The lowest BCUT2D eigenvalue weighted by atomic mass is 10.1. The largest absolute Gasteiger partial charge is 0.255 e. The Morgan fingerprint density at radius 2 is 1.52 bits per heavy atom. The van der Waals surface area contributed by atoms with Crippen molar-refractivity contribution in [2.24, 2.45) is 0 Å². The maximum absolute atomic E-state index is 12.0. The second-order valence-electron chi connectivity index (χ2n) is 7.23. The Morgan fingerprint density at radius 3 is 2.22 bits per heavy atom. The molecule has 3 rings (SSSR count). The summed E-state index contributed by atoms with van der Waals surface area (Å²) in [5.41, 5.74) is 1.12. The number of hydrogen-bond acceptors (Lipinski definition) is 3. The summed E-state index contributed by atoms with van der Waals surface area (Å²) in [7, 11) is -0.954. The summed E-state index contributed by atoms with van der Waals surface area (Å²) in [5, 5.41) is 0. The maximum Gasteiger partial charge on any atom is 0.0504 e. The van der Waals surface area contributed by atoms with Crippen LogP contribution in [0.2, 0.25) is 0 Å². The van der Waals surface area contributed by atoms with Crippen LogP contribution < -0.4 is 0 Å². The second-order valence-corrected chi connectivity index (χ2v) is 10.8. The molecule has 0 aliphatic rings. The average Bonchev–Trinajstić information content (AvgIpc) is 3.22. The van der Waals surface area contributed by atoms with E-state index in [9.17, 15) is 4.21 Å². The van der Waals surface area contributed by atoms with Crippen molar-refractivity contribution in [3.05, 3.63) is 41.3 Å². The third-order valence-electron chi connectivity index (χ3n) is 5.00. The molecule has 4 heteroatoms. The number of rotatable bonds is 11. The zero-order chi connectivity index (χ0) is 19.1. The van der Waals surface area contributed by atoms with Crippen LogP contribution in [0.3, 0.4) is 0 Å². The summed E-state index contributed by atoms with van der Waals surface area (Å²) in [6.07, 6.45) is 14.0. The molecular weight excluding hydrogens is 388 g/mol. The van der Waals surface area contributed by atoms with Crippen molar-refractivity contribution in [3.63, 3.8) is 0 Å². The minimum absolute atomic E-state index is 0.936. The normalized spacial score (nSPS) is 12.7. The molecule has 0 fully saturated rings.